The molecule has 0 fully saturated rings. The SMILES string of the molecule is CC(C)(C)OC(=O)NC1=NC(c2cccc(Br)c2)(c2c[nH]c(=O)c(C(F)(F)F)c2)c2cccc(F)c21. The molecule has 0 bridgehead atoms. The number of fused-ring (bicyclic) bond motifs is 1. The van der Waals surface area contributed by atoms with E-state index in [4.69, 9.17) is 4.74 Å². The number of halogens is 5. The second-order valence-electron chi connectivity index (χ2n) is 9.10. The lowest BCUT2D eigenvalue weighted by Crippen LogP contribution is -2.36. The van der Waals surface area contributed by atoms with Crippen molar-refractivity contribution in [3.63, 3.8) is 0 Å². The van der Waals surface area contributed by atoms with E-state index in [0.717, 1.165) is 12.3 Å². The number of ether oxygens (including phenoxy) is 1. The number of pyridine rings is 1. The van der Waals surface area contributed by atoms with Crippen LogP contribution in [-0.4, -0.2) is 22.5 Å². The number of H-pyrrole nitrogens is 1. The molecule has 6 nitrogen and oxygen atoms in total. The summed E-state index contributed by atoms with van der Waals surface area (Å²) in [5.74, 6) is -0.975. The molecule has 1 aliphatic rings. The summed E-state index contributed by atoms with van der Waals surface area (Å²) in [4.78, 5) is 31.3. The van der Waals surface area contributed by atoms with Crippen LogP contribution >= 0.6 is 15.9 Å². The zero-order chi connectivity index (χ0) is 26.5. The highest BCUT2D eigenvalue weighted by molar-refractivity contribution is 9.10. The first-order valence-corrected chi connectivity index (χ1v) is 11.5. The predicted octanol–water partition coefficient (Wildman–Crippen LogP) is 5.87. The summed E-state index contributed by atoms with van der Waals surface area (Å²) >= 11 is 3.36. The normalized spacial score (nSPS) is 17.4. The fraction of sp³-hybridized carbons (Fsp3) is 0.240. The van der Waals surface area contributed by atoms with Gasteiger partial charge in [0, 0.05) is 21.8 Å². The first kappa shape index (κ1) is 25.6. The van der Waals surface area contributed by atoms with Gasteiger partial charge in [-0.15, -0.1) is 0 Å². The molecule has 0 saturated carbocycles. The van der Waals surface area contributed by atoms with Crippen LogP contribution in [0.4, 0.5) is 22.4 Å². The molecule has 0 aliphatic carbocycles. The highest BCUT2D eigenvalue weighted by Gasteiger charge is 2.47. The molecule has 2 heterocycles. The molecule has 36 heavy (non-hydrogen) atoms. The van der Waals surface area contributed by atoms with Gasteiger partial charge in [-0.1, -0.05) is 40.2 Å². The third kappa shape index (κ3) is 4.67. The zero-order valence-electron chi connectivity index (χ0n) is 19.3. The van der Waals surface area contributed by atoms with Gasteiger partial charge in [0.2, 0.25) is 0 Å². The number of carbonyl (C=O) groups is 1. The monoisotopic (exact) mass is 565 g/mol. The number of benzene rings is 2. The smallest absolute Gasteiger partial charge is 0.421 e. The van der Waals surface area contributed by atoms with Crippen molar-refractivity contribution in [3.05, 3.63) is 103 Å². The number of hydrogen-bond donors (Lipinski definition) is 2. The number of nitrogens with one attached hydrogen (secondary N) is 2. The number of aromatic amines is 1. The van der Waals surface area contributed by atoms with E-state index >= 15 is 4.39 Å². The van der Waals surface area contributed by atoms with Gasteiger partial charge >= 0.3 is 12.3 Å². The van der Waals surface area contributed by atoms with Crippen molar-refractivity contribution in [2.24, 2.45) is 4.99 Å². The fourth-order valence-electron chi connectivity index (χ4n) is 4.06. The van der Waals surface area contributed by atoms with E-state index in [1.54, 1.807) is 45.0 Å². The minimum Gasteiger partial charge on any atom is -0.444 e. The Bertz CT molecular complexity index is 1440. The summed E-state index contributed by atoms with van der Waals surface area (Å²) in [7, 11) is 0. The Balaban J connectivity index is 2.04. The molecular formula is C25H20BrF4N3O3. The largest absolute Gasteiger partial charge is 0.444 e. The highest BCUT2D eigenvalue weighted by Crippen LogP contribution is 2.47. The summed E-state index contributed by atoms with van der Waals surface area (Å²) in [5.41, 5.74) is -5.03. The first-order valence-electron chi connectivity index (χ1n) is 10.7. The van der Waals surface area contributed by atoms with Crippen LogP contribution in [-0.2, 0) is 16.5 Å². The number of alkyl halides is 3. The first-order chi connectivity index (χ1) is 16.7. The van der Waals surface area contributed by atoms with Crippen molar-refractivity contribution >= 4 is 27.9 Å². The van der Waals surface area contributed by atoms with E-state index in [0.29, 0.717) is 16.1 Å². The van der Waals surface area contributed by atoms with Crippen molar-refractivity contribution < 1.29 is 27.1 Å². The summed E-state index contributed by atoms with van der Waals surface area (Å²) in [5, 5.41) is 2.44. The molecule has 0 saturated heterocycles. The summed E-state index contributed by atoms with van der Waals surface area (Å²) in [6.07, 6.45) is -4.77. The van der Waals surface area contributed by atoms with Crippen LogP contribution < -0.4 is 10.9 Å². The minimum atomic E-state index is -4.95. The van der Waals surface area contributed by atoms with E-state index in [1.165, 1.54) is 12.1 Å². The van der Waals surface area contributed by atoms with Crippen molar-refractivity contribution in [1.82, 2.24) is 10.3 Å². The van der Waals surface area contributed by atoms with Gasteiger partial charge in [0.05, 0.1) is 5.56 Å². The third-order valence-corrected chi connectivity index (χ3v) is 5.90. The number of aliphatic imine (C=N–C) groups is 1. The molecule has 11 heteroatoms. The Labute approximate surface area is 211 Å². The third-order valence-electron chi connectivity index (χ3n) is 5.41. The van der Waals surface area contributed by atoms with Gasteiger partial charge in [0.15, 0.2) is 0 Å². The molecule has 2 N–H and O–H groups in total. The maximum absolute atomic E-state index is 15.2. The molecule has 1 aromatic heterocycles. The van der Waals surface area contributed by atoms with E-state index in [2.05, 4.69) is 31.2 Å². The Hall–Kier alpha value is -3.47. The number of amidine groups is 1. The summed E-state index contributed by atoms with van der Waals surface area (Å²) < 4.78 is 62.1. The van der Waals surface area contributed by atoms with Gasteiger partial charge in [-0.25, -0.2) is 14.2 Å². The molecule has 0 spiro atoms. The second kappa shape index (κ2) is 8.88. The number of carbonyl (C=O) groups excluding carboxylic acids is 1. The van der Waals surface area contributed by atoms with Crippen LogP contribution in [0.25, 0.3) is 0 Å². The number of amides is 1. The number of nitrogens with zero attached hydrogens (tertiary/aromatic N) is 1. The van der Waals surface area contributed by atoms with Gasteiger partial charge in [0.25, 0.3) is 5.56 Å². The maximum Gasteiger partial charge on any atom is 0.421 e. The van der Waals surface area contributed by atoms with Crippen molar-refractivity contribution in [2.45, 2.75) is 38.1 Å². The Morgan fingerprint density at radius 3 is 2.42 bits per heavy atom. The molecule has 1 amide bonds. The number of rotatable bonds is 2. The number of alkyl carbamates (subject to hydrolysis) is 1. The molecular weight excluding hydrogens is 546 g/mol. The average molecular weight is 566 g/mol. The predicted molar refractivity (Wildman–Crippen MR) is 128 cm³/mol. The molecule has 1 aliphatic heterocycles. The minimum absolute atomic E-state index is 0.0830. The quantitative estimate of drug-likeness (QED) is 0.381. The summed E-state index contributed by atoms with van der Waals surface area (Å²) in [6.45, 7) is 4.92. The van der Waals surface area contributed by atoms with Gasteiger partial charge in [0.1, 0.15) is 28.4 Å². The van der Waals surface area contributed by atoms with Crippen LogP contribution in [0.15, 0.2) is 69.0 Å². The van der Waals surface area contributed by atoms with E-state index in [1.807, 2.05) is 0 Å². The molecule has 4 rings (SSSR count). The fourth-order valence-corrected chi connectivity index (χ4v) is 4.46. The zero-order valence-corrected chi connectivity index (χ0v) is 20.8. The lowest BCUT2D eigenvalue weighted by Gasteiger charge is -2.29. The van der Waals surface area contributed by atoms with Crippen LogP contribution in [0.3, 0.4) is 0 Å². The molecule has 188 valence electrons. The average Bonchev–Trinajstić information content (AvgIpc) is 3.08. The molecule has 1 atom stereocenters. The van der Waals surface area contributed by atoms with E-state index < -0.39 is 40.3 Å². The van der Waals surface area contributed by atoms with E-state index in [9.17, 15) is 22.8 Å². The molecule has 1 unspecified atom stereocenters. The van der Waals surface area contributed by atoms with Crippen molar-refractivity contribution in [2.75, 3.05) is 0 Å². The van der Waals surface area contributed by atoms with Gasteiger partial charge in [-0.05, 0) is 50.6 Å². The Kier molecular flexibility index (Phi) is 6.32. The van der Waals surface area contributed by atoms with Gasteiger partial charge in [-0.3, -0.25) is 10.1 Å². The van der Waals surface area contributed by atoms with Crippen LogP contribution in [0.2, 0.25) is 0 Å². The highest BCUT2D eigenvalue weighted by atomic mass is 79.9. The number of aromatic nitrogens is 1. The van der Waals surface area contributed by atoms with Crippen molar-refractivity contribution in [1.29, 1.82) is 0 Å². The maximum atomic E-state index is 15.2. The molecule has 0 radical (unpaired) electrons. The van der Waals surface area contributed by atoms with Crippen molar-refractivity contribution in [3.8, 4) is 0 Å². The van der Waals surface area contributed by atoms with E-state index in [-0.39, 0.29) is 22.5 Å². The van der Waals surface area contributed by atoms with Gasteiger partial charge in [-0.2, -0.15) is 13.2 Å². The van der Waals surface area contributed by atoms with Crippen LogP contribution in [0, 0.1) is 5.82 Å². The lowest BCUT2D eigenvalue weighted by molar-refractivity contribution is -0.138. The Morgan fingerprint density at radius 2 is 1.78 bits per heavy atom. The topological polar surface area (TPSA) is 83.5 Å². The molecule has 2 aromatic carbocycles. The van der Waals surface area contributed by atoms with Crippen LogP contribution in [0.5, 0.6) is 0 Å². The van der Waals surface area contributed by atoms with Gasteiger partial charge < -0.3 is 9.72 Å². The lowest BCUT2D eigenvalue weighted by atomic mass is 9.78. The summed E-state index contributed by atoms with van der Waals surface area (Å²) in [6, 6.07) is 11.3. The number of hydrogen-bond acceptors (Lipinski definition) is 4. The van der Waals surface area contributed by atoms with Crippen LogP contribution in [0.1, 0.15) is 48.6 Å². The molecule has 3 aromatic rings. The Morgan fingerprint density at radius 1 is 1.08 bits per heavy atom. The second-order valence-corrected chi connectivity index (χ2v) is 10.0. The standard InChI is InChI=1S/C25H20BrF4N3O3/c1-23(2,3)36-22(35)32-20-19-16(8-5-9-18(19)27)24(33-20,13-6-4-7-15(26)10-13)14-11-17(25(28,29)30)21(34)31-12-14/h4-12H,1-3H3,(H,31,34)(H,32,33,35).